The molecule has 0 saturated carbocycles. The highest BCUT2D eigenvalue weighted by molar-refractivity contribution is 7.80. The Morgan fingerprint density at radius 3 is 2.43 bits per heavy atom. The molecular weight excluding hydrogens is 192 g/mol. The molecule has 1 aromatic carbocycles. The zero-order valence-electron chi connectivity index (χ0n) is 8.49. The summed E-state index contributed by atoms with van der Waals surface area (Å²) in [5.74, 6) is 0.242. The van der Waals surface area contributed by atoms with Crippen LogP contribution in [0.3, 0.4) is 0 Å². The van der Waals surface area contributed by atoms with E-state index in [4.69, 9.17) is 0 Å². The van der Waals surface area contributed by atoms with E-state index >= 15 is 0 Å². The number of carbonyl (C=O) groups is 1. The number of hydrogen-bond acceptors (Lipinski definition) is 2. The molecule has 0 atom stereocenters. The van der Waals surface area contributed by atoms with Gasteiger partial charge < -0.3 is 0 Å². The van der Waals surface area contributed by atoms with Gasteiger partial charge in [0.05, 0.1) is 0 Å². The van der Waals surface area contributed by atoms with Gasteiger partial charge in [-0.1, -0.05) is 31.9 Å². The molecule has 0 unspecified atom stereocenters. The monoisotopic (exact) mass is 208 g/mol. The molecule has 0 radical (unpaired) electrons. The Kier molecular flexibility index (Phi) is 4.74. The van der Waals surface area contributed by atoms with Crippen molar-refractivity contribution in [2.45, 2.75) is 37.5 Å². The number of thiol groups is 1. The first-order chi connectivity index (χ1) is 6.74. The summed E-state index contributed by atoms with van der Waals surface area (Å²) in [7, 11) is 0. The predicted octanol–water partition coefficient (Wildman–Crippen LogP) is 3.74. The van der Waals surface area contributed by atoms with Crippen molar-refractivity contribution >= 4 is 18.4 Å². The normalized spacial score (nSPS) is 10.1. The Morgan fingerprint density at radius 2 is 1.86 bits per heavy atom. The smallest absolute Gasteiger partial charge is 0.162 e. The fraction of sp³-hybridized carbons (Fsp3) is 0.417. The van der Waals surface area contributed by atoms with Gasteiger partial charge in [-0.25, -0.2) is 0 Å². The van der Waals surface area contributed by atoms with Crippen LogP contribution < -0.4 is 0 Å². The van der Waals surface area contributed by atoms with E-state index in [1.165, 1.54) is 0 Å². The van der Waals surface area contributed by atoms with E-state index < -0.39 is 0 Å². The molecule has 0 aliphatic heterocycles. The number of benzene rings is 1. The summed E-state index contributed by atoms with van der Waals surface area (Å²) in [6, 6.07) is 7.40. The van der Waals surface area contributed by atoms with Crippen LogP contribution in [0.5, 0.6) is 0 Å². The van der Waals surface area contributed by atoms with Crippen molar-refractivity contribution in [3.05, 3.63) is 29.8 Å². The van der Waals surface area contributed by atoms with Crippen LogP contribution in [0.15, 0.2) is 29.2 Å². The molecule has 0 bridgehead atoms. The lowest BCUT2D eigenvalue weighted by atomic mass is 10.1. The zero-order chi connectivity index (χ0) is 10.4. The van der Waals surface area contributed by atoms with Gasteiger partial charge in [-0.05, 0) is 18.6 Å². The van der Waals surface area contributed by atoms with Crippen LogP contribution in [0, 0.1) is 0 Å². The van der Waals surface area contributed by atoms with Crippen molar-refractivity contribution in [2.24, 2.45) is 0 Å². The molecule has 0 aromatic heterocycles. The van der Waals surface area contributed by atoms with Crippen LogP contribution in [0.1, 0.15) is 43.0 Å². The summed E-state index contributed by atoms with van der Waals surface area (Å²) >= 11 is 4.17. The quantitative estimate of drug-likeness (QED) is 0.443. The molecule has 0 heterocycles. The van der Waals surface area contributed by atoms with Gasteiger partial charge in [0.15, 0.2) is 5.78 Å². The number of hydrogen-bond donors (Lipinski definition) is 1. The SMILES string of the molecule is CCCCCC(=O)c1ccc(S)cc1. The van der Waals surface area contributed by atoms with Crippen LogP contribution >= 0.6 is 12.6 Å². The van der Waals surface area contributed by atoms with Crippen LogP contribution in [-0.2, 0) is 0 Å². The Morgan fingerprint density at radius 1 is 1.21 bits per heavy atom. The lowest BCUT2D eigenvalue weighted by Gasteiger charge is -2.00. The summed E-state index contributed by atoms with van der Waals surface area (Å²) < 4.78 is 0. The maximum Gasteiger partial charge on any atom is 0.162 e. The molecule has 0 N–H and O–H groups in total. The first-order valence-corrected chi connectivity index (χ1v) is 5.51. The van der Waals surface area contributed by atoms with E-state index in [2.05, 4.69) is 19.6 Å². The minimum Gasteiger partial charge on any atom is -0.294 e. The summed E-state index contributed by atoms with van der Waals surface area (Å²) in [4.78, 5) is 12.5. The maximum absolute atomic E-state index is 11.6. The molecular formula is C12H16OS. The fourth-order valence-corrected chi connectivity index (χ4v) is 1.48. The highest BCUT2D eigenvalue weighted by atomic mass is 32.1. The van der Waals surface area contributed by atoms with Gasteiger partial charge in [-0.2, -0.15) is 0 Å². The fourth-order valence-electron chi connectivity index (χ4n) is 1.33. The van der Waals surface area contributed by atoms with Gasteiger partial charge >= 0.3 is 0 Å². The largest absolute Gasteiger partial charge is 0.294 e. The molecule has 0 spiro atoms. The van der Waals surface area contributed by atoms with Crippen LogP contribution in [0.2, 0.25) is 0 Å². The van der Waals surface area contributed by atoms with Gasteiger partial charge in [0.2, 0.25) is 0 Å². The van der Waals surface area contributed by atoms with E-state index in [0.717, 1.165) is 29.7 Å². The molecule has 2 heteroatoms. The minimum atomic E-state index is 0.242. The third-order valence-corrected chi connectivity index (χ3v) is 2.49. The van der Waals surface area contributed by atoms with E-state index in [1.54, 1.807) is 0 Å². The second kappa shape index (κ2) is 5.86. The van der Waals surface area contributed by atoms with E-state index in [1.807, 2.05) is 24.3 Å². The first-order valence-electron chi connectivity index (χ1n) is 5.06. The number of rotatable bonds is 5. The first kappa shape index (κ1) is 11.3. The van der Waals surface area contributed by atoms with Gasteiger partial charge in [0, 0.05) is 16.9 Å². The van der Waals surface area contributed by atoms with Gasteiger partial charge in [-0.15, -0.1) is 12.6 Å². The third kappa shape index (κ3) is 3.54. The van der Waals surface area contributed by atoms with Crippen molar-refractivity contribution in [3.8, 4) is 0 Å². The van der Waals surface area contributed by atoms with Crippen molar-refractivity contribution in [3.63, 3.8) is 0 Å². The standard InChI is InChI=1S/C12H16OS/c1-2-3-4-5-12(13)10-6-8-11(14)9-7-10/h6-9,14H,2-5H2,1H3. The maximum atomic E-state index is 11.6. The Bertz CT molecular complexity index is 290. The molecule has 0 saturated heterocycles. The number of carbonyl (C=O) groups excluding carboxylic acids is 1. The number of Topliss-reactive ketones (excluding diaryl/α,β-unsaturated/α-hetero) is 1. The average Bonchev–Trinajstić information content (AvgIpc) is 2.19. The van der Waals surface area contributed by atoms with Crippen molar-refractivity contribution in [2.75, 3.05) is 0 Å². The molecule has 1 rings (SSSR count). The predicted molar refractivity (Wildman–Crippen MR) is 62.2 cm³/mol. The summed E-state index contributed by atoms with van der Waals surface area (Å²) in [5.41, 5.74) is 0.805. The lowest BCUT2D eigenvalue weighted by Crippen LogP contribution is -1.98. The number of unbranched alkanes of at least 4 members (excludes halogenated alkanes) is 2. The molecule has 1 nitrogen and oxygen atoms in total. The van der Waals surface area contributed by atoms with Crippen LogP contribution in [0.25, 0.3) is 0 Å². The van der Waals surface area contributed by atoms with Gasteiger partial charge in [0.1, 0.15) is 0 Å². The van der Waals surface area contributed by atoms with E-state index in [0.29, 0.717) is 6.42 Å². The summed E-state index contributed by atoms with van der Waals surface area (Å²) in [6.07, 6.45) is 3.96. The Hall–Kier alpha value is -0.760. The minimum absolute atomic E-state index is 0.242. The van der Waals surface area contributed by atoms with Crippen LogP contribution in [0.4, 0.5) is 0 Å². The number of ketones is 1. The second-order valence-corrected chi connectivity index (χ2v) is 3.94. The Labute approximate surface area is 90.9 Å². The van der Waals surface area contributed by atoms with E-state index in [-0.39, 0.29) is 5.78 Å². The van der Waals surface area contributed by atoms with Crippen LogP contribution in [-0.4, -0.2) is 5.78 Å². The molecule has 76 valence electrons. The zero-order valence-corrected chi connectivity index (χ0v) is 9.39. The molecule has 0 aliphatic carbocycles. The van der Waals surface area contributed by atoms with Crippen molar-refractivity contribution < 1.29 is 4.79 Å². The third-order valence-electron chi connectivity index (χ3n) is 2.20. The Balaban J connectivity index is 2.48. The summed E-state index contributed by atoms with van der Waals surface area (Å²) in [6.45, 7) is 2.14. The van der Waals surface area contributed by atoms with Crippen molar-refractivity contribution in [1.29, 1.82) is 0 Å². The molecule has 0 amide bonds. The highest BCUT2D eigenvalue weighted by Crippen LogP contribution is 2.11. The van der Waals surface area contributed by atoms with Crippen molar-refractivity contribution in [1.82, 2.24) is 0 Å². The second-order valence-electron chi connectivity index (χ2n) is 3.43. The molecule has 14 heavy (non-hydrogen) atoms. The molecule has 1 aromatic rings. The average molecular weight is 208 g/mol. The van der Waals surface area contributed by atoms with E-state index in [9.17, 15) is 4.79 Å². The topological polar surface area (TPSA) is 17.1 Å². The lowest BCUT2D eigenvalue weighted by molar-refractivity contribution is 0.0979. The highest BCUT2D eigenvalue weighted by Gasteiger charge is 2.03. The van der Waals surface area contributed by atoms with Gasteiger partial charge in [0.25, 0.3) is 0 Å². The summed E-state index contributed by atoms with van der Waals surface area (Å²) in [5, 5.41) is 0. The molecule has 0 aliphatic rings. The van der Waals surface area contributed by atoms with Gasteiger partial charge in [-0.3, -0.25) is 4.79 Å². The molecule has 0 fully saturated rings.